The molecule has 4 rings (SSSR count). The Hall–Kier alpha value is -2.43. The Kier molecular flexibility index (Phi) is 3.25. The Labute approximate surface area is 129 Å². The number of piperidine rings is 1. The number of hydrogen-bond acceptors (Lipinski definition) is 3. The number of aromatic nitrogens is 1. The summed E-state index contributed by atoms with van der Waals surface area (Å²) in [4.78, 5) is 14.5. The fraction of sp³-hybridized carbons (Fsp3) is 0.353. The van der Waals surface area contributed by atoms with Crippen molar-refractivity contribution in [2.24, 2.45) is 0 Å². The van der Waals surface area contributed by atoms with Crippen LogP contribution in [0.3, 0.4) is 0 Å². The van der Waals surface area contributed by atoms with E-state index in [1.165, 1.54) is 0 Å². The number of likely N-dealkylation sites (tertiary alicyclic amines) is 1. The summed E-state index contributed by atoms with van der Waals surface area (Å²) in [6.45, 7) is 1.81. The highest BCUT2D eigenvalue weighted by atomic mass is 16.7. The van der Waals surface area contributed by atoms with Gasteiger partial charge in [0, 0.05) is 37.1 Å². The molecule has 1 saturated heterocycles. The Morgan fingerprint density at radius 3 is 2.55 bits per heavy atom. The molecule has 5 heteroatoms. The zero-order chi connectivity index (χ0) is 14.9. The fourth-order valence-corrected chi connectivity index (χ4v) is 3.17. The van der Waals surface area contributed by atoms with Gasteiger partial charge in [-0.25, -0.2) is 0 Å². The van der Waals surface area contributed by atoms with E-state index in [0.717, 1.165) is 25.9 Å². The molecule has 2 aromatic rings. The van der Waals surface area contributed by atoms with E-state index in [0.29, 0.717) is 23.1 Å². The number of fused-ring (bicyclic) bond motifs is 1. The molecule has 22 heavy (non-hydrogen) atoms. The molecule has 0 radical (unpaired) electrons. The molecular formula is C17H18N2O3. The normalized spacial score (nSPS) is 17.7. The number of rotatable bonds is 2. The fourth-order valence-electron chi connectivity index (χ4n) is 3.17. The molecule has 1 amide bonds. The van der Waals surface area contributed by atoms with Crippen molar-refractivity contribution in [3.05, 3.63) is 48.3 Å². The summed E-state index contributed by atoms with van der Waals surface area (Å²) in [5, 5.41) is 0. The van der Waals surface area contributed by atoms with Crippen LogP contribution in [0.5, 0.6) is 11.5 Å². The summed E-state index contributed by atoms with van der Waals surface area (Å²) in [5.41, 5.74) is 0.670. The Bertz CT molecular complexity index is 673. The first-order chi connectivity index (χ1) is 10.8. The van der Waals surface area contributed by atoms with Crippen molar-refractivity contribution in [2.75, 3.05) is 19.9 Å². The first kappa shape index (κ1) is 13.2. The van der Waals surface area contributed by atoms with Gasteiger partial charge in [-0.15, -0.1) is 0 Å². The van der Waals surface area contributed by atoms with Crippen LogP contribution in [0.2, 0.25) is 0 Å². The van der Waals surface area contributed by atoms with E-state index in [2.05, 4.69) is 17.0 Å². The van der Waals surface area contributed by atoms with Crippen molar-refractivity contribution < 1.29 is 14.3 Å². The molecule has 0 bridgehead atoms. The molecule has 114 valence electrons. The van der Waals surface area contributed by atoms with E-state index in [1.54, 1.807) is 6.07 Å². The topological polar surface area (TPSA) is 43.7 Å². The molecule has 0 unspecified atom stereocenters. The molecule has 0 N–H and O–H groups in total. The molecule has 2 aliphatic rings. The minimum Gasteiger partial charge on any atom is -0.454 e. The summed E-state index contributed by atoms with van der Waals surface area (Å²) in [6, 6.07) is 9.99. The average molecular weight is 298 g/mol. The highest BCUT2D eigenvalue weighted by Gasteiger charge is 2.25. The summed E-state index contributed by atoms with van der Waals surface area (Å²) in [6.07, 6.45) is 6.18. The number of amides is 1. The largest absolute Gasteiger partial charge is 0.454 e. The van der Waals surface area contributed by atoms with Crippen LogP contribution in [0.25, 0.3) is 0 Å². The van der Waals surface area contributed by atoms with Crippen LogP contribution >= 0.6 is 0 Å². The number of ether oxygens (including phenoxy) is 2. The predicted molar refractivity (Wildman–Crippen MR) is 81.2 cm³/mol. The van der Waals surface area contributed by atoms with Crippen molar-refractivity contribution in [3.8, 4) is 11.5 Å². The third kappa shape index (κ3) is 2.32. The first-order valence-electron chi connectivity index (χ1n) is 7.62. The summed E-state index contributed by atoms with van der Waals surface area (Å²) < 4.78 is 12.9. The SMILES string of the molecule is O=C(c1ccc2c(c1)OCO2)N1CCC(n2cccc2)CC1. The van der Waals surface area contributed by atoms with Gasteiger partial charge in [0.05, 0.1) is 0 Å². The zero-order valence-electron chi connectivity index (χ0n) is 12.3. The van der Waals surface area contributed by atoms with Crippen molar-refractivity contribution in [1.82, 2.24) is 9.47 Å². The van der Waals surface area contributed by atoms with Crippen molar-refractivity contribution in [1.29, 1.82) is 0 Å². The molecular weight excluding hydrogens is 280 g/mol. The molecule has 0 atom stereocenters. The van der Waals surface area contributed by atoms with Crippen molar-refractivity contribution >= 4 is 5.91 Å². The van der Waals surface area contributed by atoms with Crippen LogP contribution in [0.1, 0.15) is 29.2 Å². The van der Waals surface area contributed by atoms with Crippen LogP contribution in [0.15, 0.2) is 42.7 Å². The maximum atomic E-state index is 12.6. The maximum absolute atomic E-state index is 12.6. The molecule has 1 aromatic heterocycles. The van der Waals surface area contributed by atoms with E-state index in [-0.39, 0.29) is 12.7 Å². The van der Waals surface area contributed by atoms with E-state index >= 15 is 0 Å². The van der Waals surface area contributed by atoms with E-state index in [9.17, 15) is 4.79 Å². The second kappa shape index (κ2) is 5.40. The van der Waals surface area contributed by atoms with Crippen LogP contribution in [0, 0.1) is 0 Å². The van der Waals surface area contributed by atoms with Gasteiger partial charge in [0.2, 0.25) is 6.79 Å². The molecule has 0 saturated carbocycles. The lowest BCUT2D eigenvalue weighted by molar-refractivity contribution is 0.0694. The van der Waals surface area contributed by atoms with Crippen LogP contribution in [-0.2, 0) is 0 Å². The van der Waals surface area contributed by atoms with Gasteiger partial charge in [0.15, 0.2) is 11.5 Å². The number of hydrogen-bond donors (Lipinski definition) is 0. The molecule has 2 aliphatic heterocycles. The van der Waals surface area contributed by atoms with Gasteiger partial charge in [-0.1, -0.05) is 0 Å². The van der Waals surface area contributed by atoms with E-state index < -0.39 is 0 Å². The Balaban J connectivity index is 1.44. The second-order valence-corrected chi connectivity index (χ2v) is 5.72. The van der Waals surface area contributed by atoms with Crippen LogP contribution in [0.4, 0.5) is 0 Å². The van der Waals surface area contributed by atoms with E-state index in [1.807, 2.05) is 29.2 Å². The number of carbonyl (C=O) groups is 1. The number of nitrogens with zero attached hydrogens (tertiary/aromatic N) is 2. The minimum absolute atomic E-state index is 0.0734. The van der Waals surface area contributed by atoms with Gasteiger partial charge in [0.25, 0.3) is 5.91 Å². The summed E-state index contributed by atoms with van der Waals surface area (Å²) in [7, 11) is 0. The highest BCUT2D eigenvalue weighted by Crippen LogP contribution is 2.33. The summed E-state index contributed by atoms with van der Waals surface area (Å²) in [5.74, 6) is 1.44. The van der Waals surface area contributed by atoms with Gasteiger partial charge in [-0.2, -0.15) is 0 Å². The van der Waals surface area contributed by atoms with Gasteiger partial charge in [-0.3, -0.25) is 4.79 Å². The molecule has 1 fully saturated rings. The third-order valence-corrected chi connectivity index (χ3v) is 4.42. The minimum atomic E-state index is 0.0734. The second-order valence-electron chi connectivity index (χ2n) is 5.72. The van der Waals surface area contributed by atoms with E-state index in [4.69, 9.17) is 9.47 Å². The maximum Gasteiger partial charge on any atom is 0.253 e. The Morgan fingerprint density at radius 2 is 1.77 bits per heavy atom. The van der Waals surface area contributed by atoms with Crippen LogP contribution in [-0.4, -0.2) is 35.3 Å². The lowest BCUT2D eigenvalue weighted by atomic mass is 10.0. The lowest BCUT2D eigenvalue weighted by Gasteiger charge is -2.32. The molecule has 3 heterocycles. The molecule has 0 aliphatic carbocycles. The van der Waals surface area contributed by atoms with Gasteiger partial charge in [0.1, 0.15) is 0 Å². The van der Waals surface area contributed by atoms with Gasteiger partial charge < -0.3 is 18.9 Å². The molecule has 0 spiro atoms. The monoisotopic (exact) mass is 298 g/mol. The highest BCUT2D eigenvalue weighted by molar-refractivity contribution is 5.95. The van der Waals surface area contributed by atoms with Crippen LogP contribution < -0.4 is 9.47 Å². The average Bonchev–Trinajstić information content (AvgIpc) is 3.25. The van der Waals surface area contributed by atoms with Crippen molar-refractivity contribution in [2.45, 2.75) is 18.9 Å². The zero-order valence-corrected chi connectivity index (χ0v) is 12.3. The third-order valence-electron chi connectivity index (χ3n) is 4.42. The quantitative estimate of drug-likeness (QED) is 0.856. The molecule has 5 nitrogen and oxygen atoms in total. The standard InChI is InChI=1S/C17H18N2O3/c20-17(13-3-4-15-16(11-13)22-12-21-15)19-9-5-14(6-10-19)18-7-1-2-8-18/h1-4,7-8,11,14H,5-6,9-10,12H2. The van der Waals surface area contributed by atoms with Gasteiger partial charge >= 0.3 is 0 Å². The lowest BCUT2D eigenvalue weighted by Crippen LogP contribution is -2.38. The molecule has 1 aromatic carbocycles. The Morgan fingerprint density at radius 1 is 1.05 bits per heavy atom. The van der Waals surface area contributed by atoms with Crippen molar-refractivity contribution in [3.63, 3.8) is 0 Å². The predicted octanol–water partition coefficient (Wildman–Crippen LogP) is 2.69. The number of carbonyl (C=O) groups excluding carboxylic acids is 1. The first-order valence-corrected chi connectivity index (χ1v) is 7.62. The smallest absolute Gasteiger partial charge is 0.253 e. The summed E-state index contributed by atoms with van der Waals surface area (Å²) >= 11 is 0. The number of benzene rings is 1. The van der Waals surface area contributed by atoms with Gasteiger partial charge in [-0.05, 0) is 43.2 Å².